The van der Waals surface area contributed by atoms with Gasteiger partial charge in [0, 0.05) is 13.0 Å². The summed E-state index contributed by atoms with van der Waals surface area (Å²) in [5.74, 6) is 0. The molecule has 0 saturated carbocycles. The Bertz CT molecular complexity index is 290. The maximum absolute atomic E-state index is 10.1. The molecule has 0 radical (unpaired) electrons. The Kier molecular flexibility index (Phi) is 6.18. The number of nitrogens with zero attached hydrogens (tertiary/aromatic N) is 1. The fourth-order valence-electron chi connectivity index (χ4n) is 1.46. The standard InChI is InChI=1S/C12H18N2O2/c1-2-3-9-12(16-14-15)13-10-11-7-5-4-6-8-11/h4-8,12-13H,2-3,9-10H2,1H3. The molecule has 1 atom stereocenters. The van der Waals surface area contributed by atoms with Gasteiger partial charge in [0.2, 0.25) is 0 Å². The van der Waals surface area contributed by atoms with E-state index in [0.717, 1.165) is 19.3 Å². The minimum Gasteiger partial charge on any atom is -0.345 e. The summed E-state index contributed by atoms with van der Waals surface area (Å²) in [6.45, 7) is 2.79. The third-order valence-corrected chi connectivity index (χ3v) is 2.37. The fourth-order valence-corrected chi connectivity index (χ4v) is 1.46. The van der Waals surface area contributed by atoms with Crippen LogP contribution in [0, 0.1) is 4.91 Å². The predicted molar refractivity (Wildman–Crippen MR) is 63.5 cm³/mol. The van der Waals surface area contributed by atoms with Crippen molar-refractivity contribution >= 4 is 0 Å². The molecule has 0 fully saturated rings. The molecule has 0 heterocycles. The van der Waals surface area contributed by atoms with Crippen molar-refractivity contribution in [1.29, 1.82) is 0 Å². The normalized spacial score (nSPS) is 12.1. The van der Waals surface area contributed by atoms with Crippen LogP contribution in [0.3, 0.4) is 0 Å². The molecular formula is C12H18N2O2. The SMILES string of the molecule is CCCCC(NCc1ccccc1)ON=O. The number of hydrogen-bond donors (Lipinski definition) is 1. The highest BCUT2D eigenvalue weighted by Crippen LogP contribution is 2.05. The summed E-state index contributed by atoms with van der Waals surface area (Å²) >= 11 is 0. The van der Waals surface area contributed by atoms with E-state index >= 15 is 0 Å². The highest BCUT2D eigenvalue weighted by Gasteiger charge is 2.08. The van der Waals surface area contributed by atoms with Gasteiger partial charge >= 0.3 is 0 Å². The van der Waals surface area contributed by atoms with Crippen molar-refractivity contribution in [3.8, 4) is 0 Å². The first-order chi connectivity index (χ1) is 7.86. The van der Waals surface area contributed by atoms with E-state index in [9.17, 15) is 4.91 Å². The predicted octanol–water partition coefficient (Wildman–Crippen LogP) is 2.99. The van der Waals surface area contributed by atoms with Gasteiger partial charge in [0.15, 0.2) is 11.6 Å². The Morgan fingerprint density at radius 1 is 1.38 bits per heavy atom. The van der Waals surface area contributed by atoms with Gasteiger partial charge in [0.05, 0.1) is 0 Å². The van der Waals surface area contributed by atoms with Crippen molar-refractivity contribution in [3.05, 3.63) is 40.8 Å². The van der Waals surface area contributed by atoms with Gasteiger partial charge in [-0.05, 0) is 12.0 Å². The third-order valence-electron chi connectivity index (χ3n) is 2.37. The van der Waals surface area contributed by atoms with E-state index in [0.29, 0.717) is 6.54 Å². The average molecular weight is 222 g/mol. The quantitative estimate of drug-likeness (QED) is 0.418. The molecule has 1 N–H and O–H groups in total. The van der Waals surface area contributed by atoms with Gasteiger partial charge in [-0.2, -0.15) is 0 Å². The Hall–Kier alpha value is -1.42. The summed E-state index contributed by atoms with van der Waals surface area (Å²) < 4.78 is 0. The van der Waals surface area contributed by atoms with Gasteiger partial charge in [-0.1, -0.05) is 43.7 Å². The monoisotopic (exact) mass is 222 g/mol. The molecule has 0 aliphatic carbocycles. The molecule has 16 heavy (non-hydrogen) atoms. The summed E-state index contributed by atoms with van der Waals surface area (Å²) in [7, 11) is 0. The fraction of sp³-hybridized carbons (Fsp3) is 0.500. The number of rotatable bonds is 8. The Morgan fingerprint density at radius 3 is 2.75 bits per heavy atom. The second-order valence-corrected chi connectivity index (χ2v) is 3.68. The molecule has 0 aromatic heterocycles. The zero-order valence-corrected chi connectivity index (χ0v) is 9.56. The minimum absolute atomic E-state index is 0.280. The highest BCUT2D eigenvalue weighted by atomic mass is 16.7. The molecule has 0 spiro atoms. The summed E-state index contributed by atoms with van der Waals surface area (Å²) in [6.07, 6.45) is 2.61. The largest absolute Gasteiger partial charge is 0.345 e. The molecule has 1 aromatic rings. The molecule has 0 bridgehead atoms. The van der Waals surface area contributed by atoms with Crippen molar-refractivity contribution < 1.29 is 4.84 Å². The second-order valence-electron chi connectivity index (χ2n) is 3.68. The zero-order chi connectivity index (χ0) is 11.6. The zero-order valence-electron chi connectivity index (χ0n) is 9.56. The molecule has 4 nitrogen and oxygen atoms in total. The van der Waals surface area contributed by atoms with Crippen LogP contribution in [0.15, 0.2) is 35.7 Å². The van der Waals surface area contributed by atoms with Crippen LogP contribution < -0.4 is 5.32 Å². The van der Waals surface area contributed by atoms with E-state index in [2.05, 4.69) is 17.6 Å². The van der Waals surface area contributed by atoms with Gasteiger partial charge in [-0.25, -0.2) is 0 Å². The molecule has 0 amide bonds. The topological polar surface area (TPSA) is 50.7 Å². The first-order valence-electron chi connectivity index (χ1n) is 5.62. The lowest BCUT2D eigenvalue weighted by atomic mass is 10.2. The van der Waals surface area contributed by atoms with Gasteiger partial charge in [-0.15, -0.1) is 4.91 Å². The maximum atomic E-state index is 10.1. The first kappa shape index (κ1) is 12.6. The number of benzene rings is 1. The van der Waals surface area contributed by atoms with Crippen LogP contribution in [0.1, 0.15) is 31.7 Å². The van der Waals surface area contributed by atoms with E-state index < -0.39 is 0 Å². The van der Waals surface area contributed by atoms with E-state index in [1.165, 1.54) is 5.56 Å². The Balaban J connectivity index is 2.34. The number of hydrogen-bond acceptors (Lipinski definition) is 4. The highest BCUT2D eigenvalue weighted by molar-refractivity contribution is 5.14. The lowest BCUT2D eigenvalue weighted by Gasteiger charge is -2.14. The van der Waals surface area contributed by atoms with Gasteiger partial charge in [0.1, 0.15) is 0 Å². The van der Waals surface area contributed by atoms with E-state index in [-0.39, 0.29) is 6.23 Å². The van der Waals surface area contributed by atoms with Crippen molar-refractivity contribution in [3.63, 3.8) is 0 Å². The van der Waals surface area contributed by atoms with Crippen molar-refractivity contribution in [1.82, 2.24) is 5.32 Å². The molecule has 0 aliphatic rings. The summed E-state index contributed by atoms with van der Waals surface area (Å²) in [4.78, 5) is 14.8. The van der Waals surface area contributed by atoms with Crippen molar-refractivity contribution in [2.45, 2.75) is 39.0 Å². The second kappa shape index (κ2) is 7.82. The van der Waals surface area contributed by atoms with Crippen LogP contribution in [0.2, 0.25) is 0 Å². The van der Waals surface area contributed by atoms with Gasteiger partial charge in [0.25, 0.3) is 0 Å². The number of nitrogens with one attached hydrogen (secondary N) is 1. The smallest absolute Gasteiger partial charge is 0.182 e. The maximum Gasteiger partial charge on any atom is 0.182 e. The Morgan fingerprint density at radius 2 is 2.12 bits per heavy atom. The molecule has 88 valence electrons. The van der Waals surface area contributed by atoms with E-state index in [1.54, 1.807) is 0 Å². The lowest BCUT2D eigenvalue weighted by molar-refractivity contribution is 0.0222. The van der Waals surface area contributed by atoms with Crippen molar-refractivity contribution in [2.75, 3.05) is 0 Å². The van der Waals surface area contributed by atoms with Gasteiger partial charge in [-0.3, -0.25) is 5.32 Å². The summed E-state index contributed by atoms with van der Waals surface area (Å²) in [5, 5.41) is 5.64. The minimum atomic E-state index is -0.280. The summed E-state index contributed by atoms with van der Waals surface area (Å²) in [5.41, 5.74) is 1.17. The lowest BCUT2D eigenvalue weighted by Crippen LogP contribution is -2.29. The van der Waals surface area contributed by atoms with Crippen LogP contribution in [0.4, 0.5) is 0 Å². The molecule has 1 rings (SSSR count). The first-order valence-corrected chi connectivity index (χ1v) is 5.62. The molecule has 1 aromatic carbocycles. The van der Waals surface area contributed by atoms with Crippen molar-refractivity contribution in [2.24, 2.45) is 5.34 Å². The Labute approximate surface area is 95.9 Å². The molecule has 0 saturated heterocycles. The van der Waals surface area contributed by atoms with E-state index in [1.807, 2.05) is 30.3 Å². The van der Waals surface area contributed by atoms with Crippen LogP contribution in [-0.4, -0.2) is 6.23 Å². The van der Waals surface area contributed by atoms with E-state index in [4.69, 9.17) is 4.84 Å². The van der Waals surface area contributed by atoms with Crippen LogP contribution in [0.25, 0.3) is 0 Å². The summed E-state index contributed by atoms with van der Waals surface area (Å²) in [6, 6.07) is 9.99. The molecule has 4 heteroatoms. The average Bonchev–Trinajstić information content (AvgIpc) is 2.34. The van der Waals surface area contributed by atoms with Crippen LogP contribution in [0.5, 0.6) is 0 Å². The van der Waals surface area contributed by atoms with Crippen LogP contribution >= 0.6 is 0 Å². The molecule has 0 aliphatic heterocycles. The third kappa shape index (κ3) is 4.89. The number of unbranched alkanes of at least 4 members (excludes halogenated alkanes) is 1. The molecule has 1 unspecified atom stereocenters. The van der Waals surface area contributed by atoms with Crippen LogP contribution in [-0.2, 0) is 11.4 Å². The van der Waals surface area contributed by atoms with Gasteiger partial charge < -0.3 is 4.84 Å². The molecular weight excluding hydrogens is 204 g/mol.